The van der Waals surface area contributed by atoms with Crippen molar-refractivity contribution in [3.63, 3.8) is 0 Å². The molecule has 1 saturated heterocycles. The molecule has 1 aliphatic heterocycles. The van der Waals surface area contributed by atoms with Crippen molar-refractivity contribution in [1.29, 1.82) is 0 Å². The third kappa shape index (κ3) is 1.03. The molecule has 0 saturated carbocycles. The van der Waals surface area contributed by atoms with Crippen molar-refractivity contribution in [2.24, 2.45) is 0 Å². The van der Waals surface area contributed by atoms with E-state index in [1.165, 1.54) is 36.0 Å². The maximum Gasteiger partial charge on any atom is 0.117 e. The lowest BCUT2D eigenvalue weighted by molar-refractivity contribution is 0.277. The first-order chi connectivity index (χ1) is 6.30. The molecule has 1 spiro atoms. The average molecular weight is 174 g/mol. The van der Waals surface area contributed by atoms with Gasteiger partial charge in [0.2, 0.25) is 0 Å². The second-order valence-corrected chi connectivity index (χ2v) is 4.30. The molecule has 0 amide bonds. The van der Waals surface area contributed by atoms with E-state index in [-0.39, 0.29) is 5.60 Å². The monoisotopic (exact) mass is 174 g/mol. The van der Waals surface area contributed by atoms with Crippen LogP contribution in [-0.2, 0) is 16.8 Å². The van der Waals surface area contributed by atoms with Crippen LogP contribution in [0.1, 0.15) is 29.5 Å². The van der Waals surface area contributed by atoms with Gasteiger partial charge in [0.1, 0.15) is 5.60 Å². The van der Waals surface area contributed by atoms with Gasteiger partial charge in [-0.1, -0.05) is 23.8 Å². The first-order valence-corrected chi connectivity index (χ1v) is 5.04. The van der Waals surface area contributed by atoms with Gasteiger partial charge in [-0.25, -0.2) is 0 Å². The predicted octanol–water partition coefficient (Wildman–Crippen LogP) is 2.56. The lowest BCUT2D eigenvalue weighted by atomic mass is 9.82. The number of fused-ring (bicyclic) bond motifs is 2. The highest BCUT2D eigenvalue weighted by Gasteiger charge is 2.48. The maximum absolute atomic E-state index is 5.62. The Hall–Kier alpha value is -0.820. The maximum atomic E-state index is 5.62. The minimum absolute atomic E-state index is 0.152. The molecular weight excluding hydrogens is 160 g/mol. The molecule has 0 bridgehead atoms. The summed E-state index contributed by atoms with van der Waals surface area (Å²) in [4.78, 5) is 0. The number of ether oxygens (including phenoxy) is 1. The van der Waals surface area contributed by atoms with Gasteiger partial charge in [0.15, 0.2) is 0 Å². The van der Waals surface area contributed by atoms with Gasteiger partial charge >= 0.3 is 0 Å². The summed E-state index contributed by atoms with van der Waals surface area (Å²) in [6.07, 6.45) is 3.75. The highest BCUT2D eigenvalue weighted by molar-refractivity contribution is 5.40. The summed E-state index contributed by atoms with van der Waals surface area (Å²) < 4.78 is 5.62. The fourth-order valence-electron chi connectivity index (χ4n) is 2.42. The van der Waals surface area contributed by atoms with Crippen molar-refractivity contribution >= 4 is 0 Å². The Morgan fingerprint density at radius 3 is 3.00 bits per heavy atom. The van der Waals surface area contributed by atoms with E-state index in [0.717, 1.165) is 6.61 Å². The van der Waals surface area contributed by atoms with Gasteiger partial charge in [0.05, 0.1) is 6.61 Å². The highest BCUT2D eigenvalue weighted by Crippen LogP contribution is 2.47. The second kappa shape index (κ2) is 2.36. The zero-order valence-corrected chi connectivity index (χ0v) is 7.97. The molecule has 1 aromatic carbocycles. The molecule has 0 N–H and O–H groups in total. The van der Waals surface area contributed by atoms with Crippen molar-refractivity contribution in [3.05, 3.63) is 34.9 Å². The van der Waals surface area contributed by atoms with Gasteiger partial charge in [-0.05, 0) is 37.3 Å². The zero-order valence-electron chi connectivity index (χ0n) is 7.97. The number of hydrogen-bond acceptors (Lipinski definition) is 1. The van der Waals surface area contributed by atoms with E-state index in [4.69, 9.17) is 4.74 Å². The minimum Gasteiger partial charge on any atom is -0.364 e. The van der Waals surface area contributed by atoms with Crippen molar-refractivity contribution in [2.75, 3.05) is 6.61 Å². The van der Waals surface area contributed by atoms with E-state index in [9.17, 15) is 0 Å². The summed E-state index contributed by atoms with van der Waals surface area (Å²) in [5, 5.41) is 0. The smallest absolute Gasteiger partial charge is 0.117 e. The summed E-state index contributed by atoms with van der Waals surface area (Å²) in [6.45, 7) is 3.11. The number of hydrogen-bond donors (Lipinski definition) is 0. The van der Waals surface area contributed by atoms with Crippen LogP contribution < -0.4 is 0 Å². The van der Waals surface area contributed by atoms with Crippen LogP contribution in [0.15, 0.2) is 18.2 Å². The fraction of sp³-hybridized carbons (Fsp3) is 0.500. The van der Waals surface area contributed by atoms with Gasteiger partial charge in [0, 0.05) is 0 Å². The fourth-order valence-corrected chi connectivity index (χ4v) is 2.42. The van der Waals surface area contributed by atoms with Crippen LogP contribution in [0.2, 0.25) is 0 Å². The Bertz CT molecular complexity index is 350. The van der Waals surface area contributed by atoms with Crippen LogP contribution in [0.4, 0.5) is 0 Å². The second-order valence-electron chi connectivity index (χ2n) is 4.30. The molecule has 3 rings (SSSR count). The van der Waals surface area contributed by atoms with Gasteiger partial charge in [-0.2, -0.15) is 0 Å². The molecule has 13 heavy (non-hydrogen) atoms. The van der Waals surface area contributed by atoms with Crippen LogP contribution in [0, 0.1) is 6.92 Å². The molecule has 1 aliphatic carbocycles. The molecule has 0 radical (unpaired) electrons. The first-order valence-electron chi connectivity index (χ1n) is 5.04. The highest BCUT2D eigenvalue weighted by atomic mass is 16.6. The SMILES string of the molecule is Cc1ccc2c(c1)C1(CCC2)CO1. The Morgan fingerprint density at radius 1 is 1.38 bits per heavy atom. The Morgan fingerprint density at radius 2 is 2.23 bits per heavy atom. The summed E-state index contributed by atoms with van der Waals surface area (Å²) >= 11 is 0. The standard InChI is InChI=1S/C12H14O/c1-9-4-5-10-3-2-6-12(8-13-12)11(10)7-9/h4-5,7H,2-3,6,8H2,1H3. The van der Waals surface area contributed by atoms with E-state index >= 15 is 0 Å². The van der Waals surface area contributed by atoms with Crippen molar-refractivity contribution in [3.8, 4) is 0 Å². The van der Waals surface area contributed by atoms with Gasteiger partial charge in [-0.3, -0.25) is 0 Å². The lowest BCUT2D eigenvalue weighted by Gasteiger charge is -2.22. The summed E-state index contributed by atoms with van der Waals surface area (Å²) in [5.41, 5.74) is 4.49. The quantitative estimate of drug-likeness (QED) is 0.551. The van der Waals surface area contributed by atoms with Crippen molar-refractivity contribution < 1.29 is 4.74 Å². The number of epoxide rings is 1. The lowest BCUT2D eigenvalue weighted by Crippen LogP contribution is -2.17. The van der Waals surface area contributed by atoms with Gasteiger partial charge in [-0.15, -0.1) is 0 Å². The number of benzene rings is 1. The molecule has 1 unspecified atom stereocenters. The van der Waals surface area contributed by atoms with E-state index < -0.39 is 0 Å². The van der Waals surface area contributed by atoms with Gasteiger partial charge in [0.25, 0.3) is 0 Å². The largest absolute Gasteiger partial charge is 0.364 e. The predicted molar refractivity (Wildman–Crippen MR) is 51.7 cm³/mol. The van der Waals surface area contributed by atoms with Crippen LogP contribution in [0.25, 0.3) is 0 Å². The zero-order chi connectivity index (χ0) is 8.89. The molecule has 1 heteroatoms. The van der Waals surface area contributed by atoms with Crippen LogP contribution in [-0.4, -0.2) is 6.61 Å². The van der Waals surface area contributed by atoms with E-state index in [0.29, 0.717) is 0 Å². The van der Waals surface area contributed by atoms with Crippen LogP contribution >= 0.6 is 0 Å². The van der Waals surface area contributed by atoms with Crippen LogP contribution in [0.3, 0.4) is 0 Å². The van der Waals surface area contributed by atoms with Crippen molar-refractivity contribution in [2.45, 2.75) is 31.8 Å². The Kier molecular flexibility index (Phi) is 1.37. The summed E-state index contributed by atoms with van der Waals surface area (Å²) in [7, 11) is 0. The third-order valence-electron chi connectivity index (χ3n) is 3.28. The molecular formula is C12H14O. The third-order valence-corrected chi connectivity index (χ3v) is 3.28. The Labute approximate surface area is 78.7 Å². The molecule has 2 aliphatic rings. The molecule has 1 aromatic rings. The average Bonchev–Trinajstić information content (AvgIpc) is 2.88. The van der Waals surface area contributed by atoms with E-state index in [1.807, 2.05) is 0 Å². The molecule has 1 nitrogen and oxygen atoms in total. The normalized spacial score (nSPS) is 30.2. The topological polar surface area (TPSA) is 12.5 Å². The molecule has 1 atom stereocenters. The van der Waals surface area contributed by atoms with E-state index in [1.54, 1.807) is 0 Å². The van der Waals surface area contributed by atoms with Crippen LogP contribution in [0.5, 0.6) is 0 Å². The van der Waals surface area contributed by atoms with Gasteiger partial charge < -0.3 is 4.74 Å². The number of rotatable bonds is 0. The minimum atomic E-state index is 0.152. The molecule has 1 fully saturated rings. The molecule has 1 heterocycles. The Balaban J connectivity index is 2.16. The first kappa shape index (κ1) is 7.57. The summed E-state index contributed by atoms with van der Waals surface area (Å²) in [5.74, 6) is 0. The number of aryl methyl sites for hydroxylation is 2. The molecule has 68 valence electrons. The van der Waals surface area contributed by atoms with Crippen molar-refractivity contribution in [1.82, 2.24) is 0 Å². The summed E-state index contributed by atoms with van der Waals surface area (Å²) in [6, 6.07) is 6.79. The van der Waals surface area contributed by atoms with E-state index in [2.05, 4.69) is 25.1 Å². The molecule has 0 aromatic heterocycles.